The van der Waals surface area contributed by atoms with Gasteiger partial charge in [0.1, 0.15) is 5.69 Å². The van der Waals surface area contributed by atoms with Crippen LogP contribution in [0.15, 0.2) is 24.5 Å². The maximum atomic E-state index is 12.4. The maximum Gasteiger partial charge on any atom is 0.274 e. The lowest BCUT2D eigenvalue weighted by atomic mass is 10.2. The van der Waals surface area contributed by atoms with Gasteiger partial charge in [0.2, 0.25) is 5.95 Å². The van der Waals surface area contributed by atoms with Crippen LogP contribution in [0.5, 0.6) is 0 Å². The lowest BCUT2D eigenvalue weighted by Gasteiger charge is -2.34. The summed E-state index contributed by atoms with van der Waals surface area (Å²) in [5.74, 6) is 0.706. The van der Waals surface area contributed by atoms with E-state index in [2.05, 4.69) is 25.1 Å². The second-order valence-electron chi connectivity index (χ2n) is 4.96. The Balaban J connectivity index is 1.61. The molecule has 1 N–H and O–H groups in total. The van der Waals surface area contributed by atoms with Gasteiger partial charge in [0.15, 0.2) is 0 Å². The van der Waals surface area contributed by atoms with Crippen molar-refractivity contribution < 1.29 is 4.79 Å². The summed E-state index contributed by atoms with van der Waals surface area (Å²) in [6.45, 7) is 4.82. The van der Waals surface area contributed by atoms with E-state index in [1.807, 2.05) is 17.9 Å². The van der Waals surface area contributed by atoms with Crippen molar-refractivity contribution in [3.63, 3.8) is 0 Å². The molecule has 21 heavy (non-hydrogen) atoms. The lowest BCUT2D eigenvalue weighted by Crippen LogP contribution is -2.49. The van der Waals surface area contributed by atoms with Gasteiger partial charge in [-0.25, -0.2) is 9.97 Å². The fraction of sp³-hybridized carbons (Fsp3) is 0.429. The molecule has 1 fully saturated rings. The normalized spacial score (nSPS) is 15.3. The molecule has 1 amide bonds. The molecule has 0 aromatic carbocycles. The van der Waals surface area contributed by atoms with Crippen molar-refractivity contribution in [2.24, 2.45) is 0 Å². The van der Waals surface area contributed by atoms with Crippen LogP contribution in [-0.4, -0.2) is 57.2 Å². The van der Waals surface area contributed by atoms with Gasteiger partial charge in [0, 0.05) is 44.3 Å². The Kier molecular flexibility index (Phi) is 3.81. The first-order chi connectivity index (χ1) is 10.3. The number of hydrogen-bond donors (Lipinski definition) is 1. The summed E-state index contributed by atoms with van der Waals surface area (Å²) in [6.07, 6.45) is 4.31. The van der Waals surface area contributed by atoms with Gasteiger partial charge >= 0.3 is 0 Å². The molecule has 110 valence electrons. The number of carbonyl (C=O) groups excluding carboxylic acids is 1. The van der Waals surface area contributed by atoms with Crippen molar-refractivity contribution in [1.82, 2.24) is 25.1 Å². The maximum absolute atomic E-state index is 12.4. The van der Waals surface area contributed by atoms with E-state index < -0.39 is 0 Å². The minimum absolute atomic E-state index is 0.0143. The highest BCUT2D eigenvalue weighted by molar-refractivity contribution is 5.92. The van der Waals surface area contributed by atoms with Crippen LogP contribution in [0.2, 0.25) is 0 Å². The standard InChI is InChI=1S/C14H18N6O/c1-2-11-10-12(18-17-11)13(21)19-6-8-20(9-7-19)14-15-4-3-5-16-14/h3-5,10H,2,6-9H2,1H3,(H,17,18). The molecule has 0 unspecified atom stereocenters. The Morgan fingerprint density at radius 2 is 1.95 bits per heavy atom. The van der Waals surface area contributed by atoms with Crippen LogP contribution < -0.4 is 4.90 Å². The third-order valence-corrected chi connectivity index (χ3v) is 3.63. The SMILES string of the molecule is CCc1cc(C(=O)N2CCN(c3ncccn3)CC2)n[nH]1. The monoisotopic (exact) mass is 286 g/mol. The predicted octanol–water partition coefficient (Wildman–Crippen LogP) is 0.724. The molecule has 7 heteroatoms. The quantitative estimate of drug-likeness (QED) is 0.899. The van der Waals surface area contributed by atoms with Gasteiger partial charge in [-0.3, -0.25) is 9.89 Å². The number of nitrogens with zero attached hydrogens (tertiary/aromatic N) is 5. The van der Waals surface area contributed by atoms with Gasteiger partial charge in [-0.05, 0) is 18.6 Å². The minimum atomic E-state index is -0.0143. The predicted molar refractivity (Wildman–Crippen MR) is 78.1 cm³/mol. The Labute approximate surface area is 123 Å². The molecule has 1 saturated heterocycles. The first kappa shape index (κ1) is 13.5. The van der Waals surface area contributed by atoms with Crippen molar-refractivity contribution in [2.45, 2.75) is 13.3 Å². The first-order valence-electron chi connectivity index (χ1n) is 7.13. The zero-order chi connectivity index (χ0) is 14.7. The highest BCUT2D eigenvalue weighted by atomic mass is 16.2. The molecule has 3 rings (SSSR count). The van der Waals surface area contributed by atoms with Gasteiger partial charge in [-0.1, -0.05) is 6.92 Å². The number of nitrogens with one attached hydrogen (secondary N) is 1. The fourth-order valence-corrected chi connectivity index (χ4v) is 2.38. The largest absolute Gasteiger partial charge is 0.337 e. The minimum Gasteiger partial charge on any atom is -0.337 e. The molecular formula is C14H18N6O. The van der Waals surface area contributed by atoms with Crippen LogP contribution in [0.25, 0.3) is 0 Å². The van der Waals surface area contributed by atoms with Crippen LogP contribution in [0.4, 0.5) is 5.95 Å². The third kappa shape index (κ3) is 2.86. The van der Waals surface area contributed by atoms with E-state index in [1.54, 1.807) is 18.5 Å². The molecule has 1 aliphatic rings. The van der Waals surface area contributed by atoms with E-state index in [0.717, 1.165) is 31.2 Å². The van der Waals surface area contributed by atoms with Crippen molar-refractivity contribution in [1.29, 1.82) is 0 Å². The molecule has 0 saturated carbocycles. The summed E-state index contributed by atoms with van der Waals surface area (Å²) in [4.78, 5) is 24.8. The summed E-state index contributed by atoms with van der Waals surface area (Å²) in [7, 11) is 0. The number of piperazine rings is 1. The topological polar surface area (TPSA) is 78.0 Å². The summed E-state index contributed by atoms with van der Waals surface area (Å²) in [5, 5.41) is 6.97. The van der Waals surface area contributed by atoms with Crippen molar-refractivity contribution in [3.8, 4) is 0 Å². The Bertz CT molecular complexity index is 603. The molecule has 7 nitrogen and oxygen atoms in total. The van der Waals surface area contributed by atoms with Crippen molar-refractivity contribution in [2.75, 3.05) is 31.1 Å². The Morgan fingerprint density at radius 3 is 2.57 bits per heavy atom. The number of amides is 1. The summed E-state index contributed by atoms with van der Waals surface area (Å²) in [5.41, 5.74) is 1.48. The molecule has 2 aromatic heterocycles. The highest BCUT2D eigenvalue weighted by Crippen LogP contribution is 2.12. The second-order valence-corrected chi connectivity index (χ2v) is 4.96. The van der Waals surface area contributed by atoms with E-state index in [1.165, 1.54) is 0 Å². The number of anilines is 1. The van der Waals surface area contributed by atoms with E-state index in [4.69, 9.17) is 0 Å². The van der Waals surface area contributed by atoms with Crippen LogP contribution in [0, 0.1) is 0 Å². The summed E-state index contributed by atoms with van der Waals surface area (Å²) in [6, 6.07) is 3.63. The number of aryl methyl sites for hydroxylation is 1. The van der Waals surface area contributed by atoms with Crippen LogP contribution >= 0.6 is 0 Å². The number of aromatic amines is 1. The lowest BCUT2D eigenvalue weighted by molar-refractivity contribution is 0.0740. The number of carbonyl (C=O) groups is 1. The van der Waals surface area contributed by atoms with Gasteiger partial charge < -0.3 is 9.80 Å². The van der Waals surface area contributed by atoms with Crippen molar-refractivity contribution in [3.05, 3.63) is 35.9 Å². The average Bonchev–Trinajstić information content (AvgIpc) is 3.04. The molecule has 0 bridgehead atoms. The zero-order valence-electron chi connectivity index (χ0n) is 12.0. The molecule has 0 aliphatic carbocycles. The molecule has 2 aromatic rings. The van der Waals surface area contributed by atoms with Gasteiger partial charge in [0.25, 0.3) is 5.91 Å². The molecule has 0 atom stereocenters. The fourth-order valence-electron chi connectivity index (χ4n) is 2.38. The Morgan fingerprint density at radius 1 is 1.24 bits per heavy atom. The van der Waals surface area contributed by atoms with E-state index >= 15 is 0 Å². The number of rotatable bonds is 3. The van der Waals surface area contributed by atoms with Crippen molar-refractivity contribution >= 4 is 11.9 Å². The van der Waals surface area contributed by atoms with Crippen LogP contribution in [-0.2, 0) is 6.42 Å². The van der Waals surface area contributed by atoms with E-state index in [-0.39, 0.29) is 5.91 Å². The molecule has 1 aliphatic heterocycles. The van der Waals surface area contributed by atoms with E-state index in [9.17, 15) is 4.79 Å². The van der Waals surface area contributed by atoms with Crippen LogP contribution in [0.3, 0.4) is 0 Å². The Hall–Kier alpha value is -2.44. The van der Waals surface area contributed by atoms with E-state index in [0.29, 0.717) is 18.8 Å². The first-order valence-corrected chi connectivity index (χ1v) is 7.13. The van der Waals surface area contributed by atoms with Crippen LogP contribution in [0.1, 0.15) is 23.1 Å². The van der Waals surface area contributed by atoms with Gasteiger partial charge in [0.05, 0.1) is 0 Å². The summed E-state index contributed by atoms with van der Waals surface area (Å²) >= 11 is 0. The van der Waals surface area contributed by atoms with Gasteiger partial charge in [-0.15, -0.1) is 0 Å². The molecule has 0 spiro atoms. The average molecular weight is 286 g/mol. The highest BCUT2D eigenvalue weighted by Gasteiger charge is 2.24. The second kappa shape index (κ2) is 5.90. The molecular weight excluding hydrogens is 268 g/mol. The zero-order valence-corrected chi connectivity index (χ0v) is 12.0. The number of aromatic nitrogens is 4. The smallest absolute Gasteiger partial charge is 0.274 e. The third-order valence-electron chi connectivity index (χ3n) is 3.63. The molecule has 0 radical (unpaired) electrons. The van der Waals surface area contributed by atoms with Gasteiger partial charge in [-0.2, -0.15) is 5.10 Å². The summed E-state index contributed by atoms with van der Waals surface area (Å²) < 4.78 is 0. The number of hydrogen-bond acceptors (Lipinski definition) is 5. The number of H-pyrrole nitrogens is 1. The molecule has 3 heterocycles.